The number of hydrogen-bond donors (Lipinski definition) is 2. The van der Waals surface area contributed by atoms with Crippen LogP contribution in [0.4, 0.5) is 4.39 Å². The topological polar surface area (TPSA) is 84.5 Å². The number of carbonyl (C=O) groups excluding carboxylic acids is 3. The normalized spacial score (nSPS) is 11.4. The molecule has 114 valence electrons. The van der Waals surface area contributed by atoms with Gasteiger partial charge in [0.25, 0.3) is 5.91 Å². The molecule has 0 fully saturated rings. The van der Waals surface area contributed by atoms with E-state index in [1.807, 2.05) is 0 Å². The molecule has 1 aromatic carbocycles. The first-order valence-corrected chi connectivity index (χ1v) is 6.32. The van der Waals surface area contributed by atoms with Crippen LogP contribution in [0.15, 0.2) is 18.2 Å². The number of halogens is 1. The number of carbonyl (C=O) groups is 3. The molecule has 0 heterocycles. The summed E-state index contributed by atoms with van der Waals surface area (Å²) in [6.45, 7) is 0. The Hall–Kier alpha value is -2.44. The van der Waals surface area contributed by atoms with Gasteiger partial charge in [0.2, 0.25) is 5.91 Å². The zero-order valence-corrected chi connectivity index (χ0v) is 11.8. The van der Waals surface area contributed by atoms with Crippen LogP contribution in [0.2, 0.25) is 0 Å². The monoisotopic (exact) mass is 296 g/mol. The average molecular weight is 296 g/mol. The molecule has 0 spiro atoms. The number of benzene rings is 1. The van der Waals surface area contributed by atoms with Gasteiger partial charge in [0.15, 0.2) is 0 Å². The lowest BCUT2D eigenvalue weighted by molar-refractivity contribution is -0.120. The van der Waals surface area contributed by atoms with Gasteiger partial charge in [-0.3, -0.25) is 9.59 Å². The Morgan fingerprint density at radius 2 is 2.14 bits per heavy atom. The Bertz CT molecular complexity index is 534. The second kappa shape index (κ2) is 7.98. The molecule has 1 atom stereocenters. The molecule has 0 aliphatic rings. The molecule has 0 aliphatic carbocycles. The highest BCUT2D eigenvalue weighted by molar-refractivity contribution is 5.96. The fourth-order valence-corrected chi connectivity index (χ4v) is 1.64. The van der Waals surface area contributed by atoms with Gasteiger partial charge >= 0.3 is 0 Å². The molecule has 0 bridgehead atoms. The summed E-state index contributed by atoms with van der Waals surface area (Å²) in [4.78, 5) is 33.9. The van der Waals surface area contributed by atoms with Crippen LogP contribution in [0.25, 0.3) is 0 Å². The molecule has 1 rings (SSSR count). The predicted molar refractivity (Wildman–Crippen MR) is 73.6 cm³/mol. The van der Waals surface area contributed by atoms with E-state index in [0.29, 0.717) is 6.29 Å². The zero-order chi connectivity index (χ0) is 15.8. The Labute approximate surface area is 121 Å². The summed E-state index contributed by atoms with van der Waals surface area (Å²) in [7, 11) is 2.86. The molecular weight excluding hydrogens is 279 g/mol. The molecule has 7 heteroatoms. The number of nitrogens with one attached hydrogen (secondary N) is 2. The molecule has 2 amide bonds. The third-order valence-corrected chi connectivity index (χ3v) is 2.86. The van der Waals surface area contributed by atoms with Crippen LogP contribution < -0.4 is 15.4 Å². The quantitative estimate of drug-likeness (QED) is 0.724. The van der Waals surface area contributed by atoms with Crippen molar-refractivity contribution in [2.45, 2.75) is 18.9 Å². The van der Waals surface area contributed by atoms with Crippen molar-refractivity contribution in [1.29, 1.82) is 0 Å². The van der Waals surface area contributed by atoms with E-state index in [4.69, 9.17) is 4.74 Å². The Balaban J connectivity index is 2.70. The van der Waals surface area contributed by atoms with Crippen molar-refractivity contribution in [2.75, 3.05) is 14.2 Å². The van der Waals surface area contributed by atoms with E-state index in [0.717, 1.165) is 6.07 Å². The van der Waals surface area contributed by atoms with E-state index in [1.54, 1.807) is 0 Å². The van der Waals surface area contributed by atoms with Gasteiger partial charge in [0, 0.05) is 19.5 Å². The summed E-state index contributed by atoms with van der Waals surface area (Å²) in [6, 6.07) is 2.94. The molecular formula is C14H17FN2O4. The van der Waals surface area contributed by atoms with Crippen molar-refractivity contribution < 1.29 is 23.5 Å². The van der Waals surface area contributed by atoms with Crippen molar-refractivity contribution in [1.82, 2.24) is 10.6 Å². The number of aldehydes is 1. The minimum atomic E-state index is -0.851. The first-order chi connectivity index (χ1) is 10.0. The highest BCUT2D eigenvalue weighted by Gasteiger charge is 2.17. The van der Waals surface area contributed by atoms with Gasteiger partial charge < -0.3 is 20.2 Å². The summed E-state index contributed by atoms with van der Waals surface area (Å²) in [5.74, 6) is -1.42. The smallest absolute Gasteiger partial charge is 0.254 e. The Kier molecular flexibility index (Phi) is 6.32. The van der Waals surface area contributed by atoms with Crippen molar-refractivity contribution in [2.24, 2.45) is 0 Å². The van der Waals surface area contributed by atoms with Crippen molar-refractivity contribution in [3.63, 3.8) is 0 Å². The largest absolute Gasteiger partial charge is 0.497 e. The van der Waals surface area contributed by atoms with E-state index in [2.05, 4.69) is 10.6 Å². The first-order valence-electron chi connectivity index (χ1n) is 6.32. The highest BCUT2D eigenvalue weighted by Crippen LogP contribution is 2.16. The Morgan fingerprint density at radius 3 is 2.67 bits per heavy atom. The van der Waals surface area contributed by atoms with Crippen LogP contribution in [-0.2, 0) is 9.59 Å². The van der Waals surface area contributed by atoms with Gasteiger partial charge in [0.05, 0.1) is 18.7 Å². The molecule has 0 aliphatic heterocycles. The summed E-state index contributed by atoms with van der Waals surface area (Å²) in [6.07, 6.45) is 0.750. The van der Waals surface area contributed by atoms with Gasteiger partial charge in [-0.25, -0.2) is 4.39 Å². The average Bonchev–Trinajstić information content (AvgIpc) is 2.50. The van der Waals surface area contributed by atoms with Crippen LogP contribution in [0.1, 0.15) is 23.2 Å². The van der Waals surface area contributed by atoms with E-state index in [9.17, 15) is 18.8 Å². The second-order valence-corrected chi connectivity index (χ2v) is 4.27. The highest BCUT2D eigenvalue weighted by atomic mass is 19.1. The Morgan fingerprint density at radius 1 is 1.43 bits per heavy atom. The van der Waals surface area contributed by atoms with Crippen molar-refractivity contribution >= 4 is 18.1 Å². The first kappa shape index (κ1) is 16.6. The maximum atomic E-state index is 13.7. The maximum Gasteiger partial charge on any atom is 0.254 e. The summed E-state index contributed by atoms with van der Waals surface area (Å²) >= 11 is 0. The molecule has 6 nitrogen and oxygen atoms in total. The molecule has 0 aromatic heterocycles. The molecule has 1 aromatic rings. The number of hydrogen-bond acceptors (Lipinski definition) is 4. The predicted octanol–water partition coefficient (Wildman–Crippen LogP) is 0.658. The summed E-state index contributed by atoms with van der Waals surface area (Å²) in [5.41, 5.74) is -0.192. The third kappa shape index (κ3) is 4.87. The minimum absolute atomic E-state index is 0.0886. The van der Waals surface area contributed by atoms with Crippen LogP contribution in [-0.4, -0.2) is 38.3 Å². The van der Waals surface area contributed by atoms with Crippen LogP contribution >= 0.6 is 0 Å². The van der Waals surface area contributed by atoms with Crippen molar-refractivity contribution in [3.05, 3.63) is 29.6 Å². The SMILES string of the molecule is CNC(=O)CCC(C=O)NC(=O)c1ccc(OC)cc1F. The number of amides is 2. The number of ether oxygens (including phenoxy) is 1. The van der Waals surface area contributed by atoms with Gasteiger partial charge in [-0.1, -0.05) is 0 Å². The van der Waals surface area contributed by atoms with Crippen molar-refractivity contribution in [3.8, 4) is 5.75 Å². The van der Waals surface area contributed by atoms with Crippen LogP contribution in [0.3, 0.4) is 0 Å². The molecule has 1 unspecified atom stereocenters. The lowest BCUT2D eigenvalue weighted by Gasteiger charge is -2.13. The molecule has 21 heavy (non-hydrogen) atoms. The standard InChI is InChI=1S/C14H17FN2O4/c1-16-13(19)6-3-9(8-18)17-14(20)11-5-4-10(21-2)7-12(11)15/h4-5,7-9H,3,6H2,1-2H3,(H,16,19)(H,17,20). The van der Waals surface area contributed by atoms with E-state index in [-0.39, 0.29) is 30.1 Å². The van der Waals surface area contributed by atoms with Crippen LogP contribution in [0, 0.1) is 5.82 Å². The fourth-order valence-electron chi connectivity index (χ4n) is 1.64. The summed E-state index contributed by atoms with van der Waals surface area (Å²) in [5, 5.41) is 4.78. The van der Waals surface area contributed by atoms with Gasteiger partial charge in [-0.2, -0.15) is 0 Å². The second-order valence-electron chi connectivity index (χ2n) is 4.27. The number of rotatable bonds is 7. The fraction of sp³-hybridized carbons (Fsp3) is 0.357. The third-order valence-electron chi connectivity index (χ3n) is 2.86. The molecule has 0 radical (unpaired) electrons. The maximum absolute atomic E-state index is 13.7. The number of methoxy groups -OCH3 is 1. The van der Waals surface area contributed by atoms with E-state index < -0.39 is 17.8 Å². The van der Waals surface area contributed by atoms with E-state index >= 15 is 0 Å². The lowest BCUT2D eigenvalue weighted by atomic mass is 10.1. The van der Waals surface area contributed by atoms with Gasteiger partial charge in [-0.05, 0) is 18.6 Å². The van der Waals surface area contributed by atoms with E-state index in [1.165, 1.54) is 26.3 Å². The lowest BCUT2D eigenvalue weighted by Crippen LogP contribution is -2.37. The molecule has 2 N–H and O–H groups in total. The van der Waals surface area contributed by atoms with Crippen LogP contribution in [0.5, 0.6) is 5.75 Å². The zero-order valence-electron chi connectivity index (χ0n) is 11.8. The molecule has 0 saturated carbocycles. The minimum Gasteiger partial charge on any atom is -0.497 e. The molecule has 0 saturated heterocycles. The van der Waals surface area contributed by atoms with Gasteiger partial charge in [0.1, 0.15) is 17.9 Å². The van der Waals surface area contributed by atoms with Gasteiger partial charge in [-0.15, -0.1) is 0 Å². The summed E-state index contributed by atoms with van der Waals surface area (Å²) < 4.78 is 18.6.